The molecule has 1 saturated carbocycles. The van der Waals surface area contributed by atoms with Crippen LogP contribution in [0, 0.1) is 11.8 Å². The van der Waals surface area contributed by atoms with Crippen LogP contribution in [0.2, 0.25) is 0 Å². The van der Waals surface area contributed by atoms with Gasteiger partial charge >= 0.3 is 6.03 Å². The smallest absolute Gasteiger partial charge is 0.321 e. The second kappa shape index (κ2) is 8.77. The van der Waals surface area contributed by atoms with Gasteiger partial charge in [-0.15, -0.1) is 0 Å². The monoisotopic (exact) mass is 402 g/mol. The highest BCUT2D eigenvalue weighted by Crippen LogP contribution is 2.38. The van der Waals surface area contributed by atoms with Crippen LogP contribution in [-0.2, 0) is 4.79 Å². The van der Waals surface area contributed by atoms with Gasteiger partial charge in [0.1, 0.15) is 0 Å². The van der Waals surface area contributed by atoms with Crippen molar-refractivity contribution in [2.45, 2.75) is 44.3 Å². The van der Waals surface area contributed by atoms with Crippen LogP contribution in [0.15, 0.2) is 34.2 Å². The van der Waals surface area contributed by atoms with Crippen molar-refractivity contribution >= 4 is 34.6 Å². The molecule has 1 aliphatic rings. The minimum Gasteiger partial charge on any atom is -0.341 e. The summed E-state index contributed by atoms with van der Waals surface area (Å²) >= 11 is 1.19. The van der Waals surface area contributed by atoms with Gasteiger partial charge in [-0.2, -0.15) is 0 Å². The number of hydrogen-bond acceptors (Lipinski definition) is 5. The van der Waals surface area contributed by atoms with Crippen LogP contribution >= 0.6 is 11.8 Å². The number of thioether (sulfide) groups is 1. The number of amides is 3. The fourth-order valence-corrected chi connectivity index (χ4v) is 4.65. The summed E-state index contributed by atoms with van der Waals surface area (Å²) < 4.78 is 1.78. The molecular weight excluding hydrogens is 376 g/mol. The first kappa shape index (κ1) is 20.4. The predicted molar refractivity (Wildman–Crippen MR) is 111 cm³/mol. The van der Waals surface area contributed by atoms with Gasteiger partial charge in [0.25, 0.3) is 5.56 Å². The van der Waals surface area contributed by atoms with Gasteiger partial charge in [-0.3, -0.25) is 19.5 Å². The summed E-state index contributed by atoms with van der Waals surface area (Å²) in [5.74, 6) is 0.442. The lowest BCUT2D eigenvalue weighted by Crippen LogP contribution is -2.39. The maximum atomic E-state index is 13.3. The topological polar surface area (TPSA) is 93.1 Å². The zero-order valence-corrected chi connectivity index (χ0v) is 17.2. The van der Waals surface area contributed by atoms with Gasteiger partial charge in [0.05, 0.1) is 16.7 Å². The number of nitrogens with one attached hydrogen (secondary N) is 2. The van der Waals surface area contributed by atoms with E-state index in [1.807, 2.05) is 18.2 Å². The number of hydrogen-bond donors (Lipinski definition) is 2. The van der Waals surface area contributed by atoms with Crippen LogP contribution in [0.1, 0.15) is 39.2 Å². The third-order valence-electron chi connectivity index (χ3n) is 5.58. The molecule has 3 atom stereocenters. The van der Waals surface area contributed by atoms with Gasteiger partial charge in [0, 0.05) is 13.1 Å². The zero-order valence-electron chi connectivity index (χ0n) is 16.4. The number of para-hydroxylation sites is 1. The molecule has 3 rings (SSSR count). The molecule has 8 heteroatoms. The van der Waals surface area contributed by atoms with E-state index in [-0.39, 0.29) is 17.4 Å². The number of benzene rings is 1. The minimum atomic E-state index is -0.552. The molecule has 150 valence electrons. The number of nitrogens with zero attached hydrogens (tertiary/aromatic N) is 2. The SMILES string of the molecule is CNC(=O)NC(=O)CSc1nc2ccccc2c(=O)n1[C@@H]1CCC[C@@H](C)[C@H]1C. The maximum Gasteiger partial charge on any atom is 0.321 e. The Morgan fingerprint density at radius 3 is 2.75 bits per heavy atom. The Balaban J connectivity index is 1.98. The van der Waals surface area contributed by atoms with Crippen molar-refractivity contribution in [2.75, 3.05) is 12.8 Å². The Labute approximate surface area is 168 Å². The lowest BCUT2D eigenvalue weighted by Gasteiger charge is -2.36. The molecule has 1 aromatic carbocycles. The lowest BCUT2D eigenvalue weighted by molar-refractivity contribution is -0.117. The molecule has 3 amide bonds. The second-order valence-corrected chi connectivity index (χ2v) is 8.28. The van der Waals surface area contributed by atoms with Crippen LogP contribution < -0.4 is 16.2 Å². The van der Waals surface area contributed by atoms with Crippen molar-refractivity contribution in [3.63, 3.8) is 0 Å². The summed E-state index contributed by atoms with van der Waals surface area (Å²) in [4.78, 5) is 41.4. The summed E-state index contributed by atoms with van der Waals surface area (Å²) in [7, 11) is 1.45. The van der Waals surface area contributed by atoms with Gasteiger partial charge in [-0.25, -0.2) is 9.78 Å². The fraction of sp³-hybridized carbons (Fsp3) is 0.500. The van der Waals surface area contributed by atoms with E-state index in [2.05, 4.69) is 29.5 Å². The largest absolute Gasteiger partial charge is 0.341 e. The fourth-order valence-electron chi connectivity index (χ4n) is 3.79. The molecule has 0 radical (unpaired) electrons. The molecule has 0 saturated heterocycles. The lowest BCUT2D eigenvalue weighted by atomic mass is 9.78. The molecule has 0 spiro atoms. The van der Waals surface area contributed by atoms with Gasteiger partial charge in [-0.05, 0) is 30.4 Å². The number of rotatable bonds is 4. The quantitative estimate of drug-likeness (QED) is 0.606. The number of imide groups is 1. The van der Waals surface area contributed by atoms with E-state index in [4.69, 9.17) is 0 Å². The van der Waals surface area contributed by atoms with Crippen LogP contribution in [0.5, 0.6) is 0 Å². The number of urea groups is 1. The molecule has 7 nitrogen and oxygen atoms in total. The van der Waals surface area contributed by atoms with E-state index in [1.165, 1.54) is 18.8 Å². The normalized spacial score (nSPS) is 22.0. The van der Waals surface area contributed by atoms with Gasteiger partial charge < -0.3 is 5.32 Å². The average molecular weight is 403 g/mol. The van der Waals surface area contributed by atoms with Gasteiger partial charge in [0.15, 0.2) is 5.16 Å². The highest BCUT2D eigenvalue weighted by atomic mass is 32.2. The first-order chi connectivity index (χ1) is 13.4. The summed E-state index contributed by atoms with van der Waals surface area (Å²) in [5.41, 5.74) is 0.556. The van der Waals surface area contributed by atoms with Crippen molar-refractivity contribution in [1.29, 1.82) is 0 Å². The first-order valence-corrected chi connectivity index (χ1v) is 10.6. The highest BCUT2D eigenvalue weighted by Gasteiger charge is 2.31. The molecule has 1 aromatic heterocycles. The molecule has 1 heterocycles. The molecule has 0 aliphatic heterocycles. The molecule has 0 bridgehead atoms. The molecule has 28 heavy (non-hydrogen) atoms. The third kappa shape index (κ3) is 4.22. The number of carbonyl (C=O) groups is 2. The van der Waals surface area contributed by atoms with E-state index in [0.717, 1.165) is 19.3 Å². The molecule has 2 N–H and O–H groups in total. The van der Waals surface area contributed by atoms with Crippen molar-refractivity contribution in [3.8, 4) is 0 Å². The zero-order chi connectivity index (χ0) is 20.3. The Bertz CT molecular complexity index is 943. The van der Waals surface area contributed by atoms with E-state index in [9.17, 15) is 14.4 Å². The van der Waals surface area contributed by atoms with Crippen LogP contribution in [0.25, 0.3) is 10.9 Å². The number of carbonyl (C=O) groups excluding carboxylic acids is 2. The molecule has 0 unspecified atom stereocenters. The van der Waals surface area contributed by atoms with Gasteiger partial charge in [-0.1, -0.05) is 50.6 Å². The summed E-state index contributed by atoms with van der Waals surface area (Å²) in [6.07, 6.45) is 3.14. The molecule has 2 aromatic rings. The van der Waals surface area contributed by atoms with Crippen molar-refractivity contribution in [3.05, 3.63) is 34.6 Å². The Hall–Kier alpha value is -2.35. The third-order valence-corrected chi connectivity index (χ3v) is 6.54. The van der Waals surface area contributed by atoms with Gasteiger partial charge in [0.2, 0.25) is 5.91 Å². The highest BCUT2D eigenvalue weighted by molar-refractivity contribution is 7.99. The molecule has 1 fully saturated rings. The van der Waals surface area contributed by atoms with E-state index >= 15 is 0 Å². The summed E-state index contributed by atoms with van der Waals surface area (Å²) in [6.45, 7) is 4.41. The molecular formula is C20H26N4O3S. The van der Waals surface area contributed by atoms with Crippen LogP contribution in [0.3, 0.4) is 0 Å². The van der Waals surface area contributed by atoms with E-state index < -0.39 is 11.9 Å². The summed E-state index contributed by atoms with van der Waals surface area (Å²) in [6, 6.07) is 6.79. The van der Waals surface area contributed by atoms with Crippen molar-refractivity contribution < 1.29 is 9.59 Å². The minimum absolute atomic E-state index is 0.00878. The second-order valence-electron chi connectivity index (χ2n) is 7.34. The van der Waals surface area contributed by atoms with E-state index in [0.29, 0.717) is 27.9 Å². The van der Waals surface area contributed by atoms with E-state index in [1.54, 1.807) is 10.6 Å². The first-order valence-electron chi connectivity index (χ1n) is 9.58. The van der Waals surface area contributed by atoms with Crippen LogP contribution in [0.4, 0.5) is 4.79 Å². The maximum absolute atomic E-state index is 13.3. The summed E-state index contributed by atoms with van der Waals surface area (Å²) in [5, 5.41) is 5.71. The number of fused-ring (bicyclic) bond motifs is 1. The standard InChI is InChI=1S/C20H26N4O3S/c1-12-7-6-10-16(13(12)2)24-18(26)14-8-4-5-9-15(14)22-20(24)28-11-17(25)23-19(27)21-3/h4-5,8-9,12-13,16H,6-7,10-11H2,1-3H3,(H2,21,23,25,27)/t12-,13-,16-/m1/s1. The average Bonchev–Trinajstić information content (AvgIpc) is 2.69. The molecule has 1 aliphatic carbocycles. The van der Waals surface area contributed by atoms with Crippen molar-refractivity contribution in [1.82, 2.24) is 20.2 Å². The Morgan fingerprint density at radius 1 is 1.25 bits per heavy atom. The van der Waals surface area contributed by atoms with Crippen LogP contribution in [-0.4, -0.2) is 34.3 Å². The van der Waals surface area contributed by atoms with Crippen molar-refractivity contribution in [2.24, 2.45) is 11.8 Å². The Morgan fingerprint density at radius 2 is 2.00 bits per heavy atom. The Kier molecular flexibility index (Phi) is 6.39. The number of aromatic nitrogens is 2. The predicted octanol–water partition coefficient (Wildman–Crippen LogP) is 2.94.